The Labute approximate surface area is 118 Å². The van der Waals surface area contributed by atoms with Gasteiger partial charge in [0.05, 0.1) is 5.69 Å². The first-order valence-electron chi connectivity index (χ1n) is 6.25. The van der Waals surface area contributed by atoms with Crippen molar-refractivity contribution in [1.29, 1.82) is 0 Å². The number of nitrogens with one attached hydrogen (secondary N) is 1. The zero-order chi connectivity index (χ0) is 15.0. The van der Waals surface area contributed by atoms with E-state index < -0.39 is 35.2 Å². The van der Waals surface area contributed by atoms with E-state index >= 15 is 0 Å². The maximum atomic E-state index is 13.5. The maximum absolute atomic E-state index is 13.5. The van der Waals surface area contributed by atoms with Crippen LogP contribution in [0.3, 0.4) is 0 Å². The van der Waals surface area contributed by atoms with Crippen molar-refractivity contribution in [2.75, 3.05) is 5.32 Å². The summed E-state index contributed by atoms with van der Waals surface area (Å²) in [5.74, 6) is -4.39. The number of fused-ring (bicyclic) bond motifs is 1. The fourth-order valence-electron chi connectivity index (χ4n) is 2.16. The molecular weight excluding hydrogens is 283 g/mol. The van der Waals surface area contributed by atoms with Crippen molar-refractivity contribution in [3.63, 3.8) is 0 Å². The van der Waals surface area contributed by atoms with E-state index in [1.54, 1.807) is 12.1 Å². The quantitative estimate of drug-likeness (QED) is 0.864. The number of benzene rings is 2. The second-order valence-corrected chi connectivity index (χ2v) is 4.63. The molecule has 1 atom stereocenters. The van der Waals surface area contributed by atoms with Crippen molar-refractivity contribution in [3.8, 4) is 5.75 Å². The average Bonchev–Trinajstić information content (AvgIpc) is 2.92. The van der Waals surface area contributed by atoms with E-state index in [-0.39, 0.29) is 0 Å². The maximum Gasteiger partial charge on any atom is 0.265 e. The molecule has 0 spiro atoms. The normalized spacial score (nSPS) is 16.2. The van der Waals surface area contributed by atoms with Gasteiger partial charge < -0.3 is 10.1 Å². The molecule has 2 aromatic carbocycles. The van der Waals surface area contributed by atoms with Crippen LogP contribution in [0.1, 0.15) is 5.56 Å². The fourth-order valence-corrected chi connectivity index (χ4v) is 2.16. The lowest BCUT2D eigenvalue weighted by molar-refractivity contribution is -0.122. The van der Waals surface area contributed by atoms with E-state index in [1.807, 2.05) is 12.1 Å². The second-order valence-electron chi connectivity index (χ2n) is 4.63. The van der Waals surface area contributed by atoms with Gasteiger partial charge in [0.15, 0.2) is 23.6 Å². The third-order valence-corrected chi connectivity index (χ3v) is 3.23. The standard InChI is InChI=1S/C15H10F3NO2/c16-9-5-6-10(14(18)13(9)17)19-15(20)12-7-8-3-1-2-4-11(8)21-12/h1-6,12H,7H2,(H,19,20). The minimum absolute atomic E-state index is 0.341. The molecule has 3 rings (SSSR count). The third-order valence-electron chi connectivity index (χ3n) is 3.23. The van der Waals surface area contributed by atoms with Gasteiger partial charge in [-0.2, -0.15) is 0 Å². The fraction of sp³-hybridized carbons (Fsp3) is 0.133. The van der Waals surface area contributed by atoms with E-state index in [0.29, 0.717) is 12.2 Å². The highest BCUT2D eigenvalue weighted by Crippen LogP contribution is 2.29. The van der Waals surface area contributed by atoms with Crippen molar-refractivity contribution in [1.82, 2.24) is 0 Å². The lowest BCUT2D eigenvalue weighted by atomic mass is 10.1. The van der Waals surface area contributed by atoms with Gasteiger partial charge in [0.2, 0.25) is 0 Å². The zero-order valence-corrected chi connectivity index (χ0v) is 10.7. The van der Waals surface area contributed by atoms with Crippen molar-refractivity contribution < 1.29 is 22.7 Å². The smallest absolute Gasteiger partial charge is 0.265 e. The van der Waals surface area contributed by atoms with Gasteiger partial charge in [-0.25, -0.2) is 13.2 Å². The number of ether oxygens (including phenoxy) is 1. The van der Waals surface area contributed by atoms with E-state index in [2.05, 4.69) is 5.32 Å². The molecule has 0 radical (unpaired) electrons. The van der Waals surface area contributed by atoms with Gasteiger partial charge in [0, 0.05) is 6.42 Å². The molecule has 0 saturated heterocycles. The molecule has 108 valence electrons. The van der Waals surface area contributed by atoms with Crippen LogP contribution >= 0.6 is 0 Å². The van der Waals surface area contributed by atoms with Crippen LogP contribution in [0.15, 0.2) is 36.4 Å². The number of hydrogen-bond acceptors (Lipinski definition) is 2. The number of para-hydroxylation sites is 1. The molecule has 2 aromatic rings. The number of hydrogen-bond donors (Lipinski definition) is 1. The number of halogens is 3. The second kappa shape index (κ2) is 5.12. The summed E-state index contributed by atoms with van der Waals surface area (Å²) in [4.78, 5) is 12.0. The first kappa shape index (κ1) is 13.5. The molecular formula is C15H10F3NO2. The summed E-state index contributed by atoms with van der Waals surface area (Å²) in [7, 11) is 0. The molecule has 0 bridgehead atoms. The number of carbonyl (C=O) groups is 1. The van der Waals surface area contributed by atoms with Crippen LogP contribution in [0.25, 0.3) is 0 Å². The minimum Gasteiger partial charge on any atom is -0.480 e. The van der Waals surface area contributed by atoms with Crippen molar-refractivity contribution >= 4 is 11.6 Å². The number of amides is 1. The highest BCUT2D eigenvalue weighted by atomic mass is 19.2. The zero-order valence-electron chi connectivity index (χ0n) is 10.7. The summed E-state index contributed by atoms with van der Waals surface area (Å²) >= 11 is 0. The topological polar surface area (TPSA) is 38.3 Å². The molecule has 0 fully saturated rings. The molecule has 1 amide bonds. The molecule has 1 aliphatic rings. The monoisotopic (exact) mass is 293 g/mol. The number of rotatable bonds is 2. The van der Waals surface area contributed by atoms with Gasteiger partial charge >= 0.3 is 0 Å². The summed E-state index contributed by atoms with van der Waals surface area (Å²) < 4.78 is 44.9. The summed E-state index contributed by atoms with van der Waals surface area (Å²) in [6, 6.07) is 8.85. The lowest BCUT2D eigenvalue weighted by Crippen LogP contribution is -2.31. The van der Waals surface area contributed by atoms with Crippen LogP contribution in [-0.2, 0) is 11.2 Å². The van der Waals surface area contributed by atoms with Crippen LogP contribution < -0.4 is 10.1 Å². The van der Waals surface area contributed by atoms with Crippen molar-refractivity contribution in [2.24, 2.45) is 0 Å². The average molecular weight is 293 g/mol. The first-order chi connectivity index (χ1) is 10.1. The molecule has 0 saturated carbocycles. The Balaban J connectivity index is 1.76. The van der Waals surface area contributed by atoms with Gasteiger partial charge in [-0.1, -0.05) is 18.2 Å². The molecule has 21 heavy (non-hydrogen) atoms. The van der Waals surface area contributed by atoms with Gasteiger partial charge in [-0.3, -0.25) is 4.79 Å². The van der Waals surface area contributed by atoms with Gasteiger partial charge in [0.25, 0.3) is 5.91 Å². The Morgan fingerprint density at radius 1 is 1.10 bits per heavy atom. The first-order valence-corrected chi connectivity index (χ1v) is 6.25. The molecule has 1 N–H and O–H groups in total. The van der Waals surface area contributed by atoms with E-state index in [1.165, 1.54) is 0 Å². The Bertz CT molecular complexity index is 693. The van der Waals surface area contributed by atoms with Crippen molar-refractivity contribution in [2.45, 2.75) is 12.5 Å². The van der Waals surface area contributed by atoms with Crippen molar-refractivity contribution in [3.05, 3.63) is 59.4 Å². The van der Waals surface area contributed by atoms with E-state index in [9.17, 15) is 18.0 Å². The molecule has 1 aliphatic heterocycles. The molecule has 1 heterocycles. The third kappa shape index (κ3) is 2.44. The predicted octanol–water partition coefficient (Wildman–Crippen LogP) is 3.05. The molecule has 1 unspecified atom stereocenters. The Morgan fingerprint density at radius 2 is 1.86 bits per heavy atom. The summed E-state index contributed by atoms with van der Waals surface area (Å²) in [5.41, 5.74) is 0.446. The number of carbonyl (C=O) groups excluding carboxylic acids is 1. The predicted molar refractivity (Wildman–Crippen MR) is 69.5 cm³/mol. The van der Waals surface area contributed by atoms with Gasteiger partial charge in [0.1, 0.15) is 5.75 Å². The van der Waals surface area contributed by atoms with E-state index in [4.69, 9.17) is 4.74 Å². The summed E-state index contributed by atoms with van der Waals surface area (Å²) in [6.07, 6.45) is -0.484. The highest BCUT2D eigenvalue weighted by molar-refractivity contribution is 5.95. The molecule has 3 nitrogen and oxygen atoms in total. The van der Waals surface area contributed by atoms with Crippen LogP contribution in [-0.4, -0.2) is 12.0 Å². The van der Waals surface area contributed by atoms with Crippen LogP contribution in [0.5, 0.6) is 5.75 Å². The largest absolute Gasteiger partial charge is 0.480 e. The van der Waals surface area contributed by atoms with Crippen LogP contribution in [0.2, 0.25) is 0 Å². The molecule has 6 heteroatoms. The summed E-state index contributed by atoms with van der Waals surface area (Å²) in [5, 5.41) is 2.21. The molecule has 0 aliphatic carbocycles. The Hall–Kier alpha value is -2.50. The number of anilines is 1. The van der Waals surface area contributed by atoms with Gasteiger partial charge in [-0.05, 0) is 23.8 Å². The Kier molecular flexibility index (Phi) is 3.29. The van der Waals surface area contributed by atoms with Crippen LogP contribution in [0.4, 0.5) is 18.9 Å². The Morgan fingerprint density at radius 3 is 2.62 bits per heavy atom. The van der Waals surface area contributed by atoms with Gasteiger partial charge in [-0.15, -0.1) is 0 Å². The minimum atomic E-state index is -1.62. The molecule has 0 aromatic heterocycles. The van der Waals surface area contributed by atoms with E-state index in [0.717, 1.165) is 17.7 Å². The SMILES string of the molecule is O=C(Nc1ccc(F)c(F)c1F)C1Cc2ccccc2O1. The lowest BCUT2D eigenvalue weighted by Gasteiger charge is -2.12. The van der Waals surface area contributed by atoms with Crippen LogP contribution in [0, 0.1) is 17.5 Å². The summed E-state index contributed by atoms with van der Waals surface area (Å²) in [6.45, 7) is 0. The highest BCUT2D eigenvalue weighted by Gasteiger charge is 2.29.